The largest absolute Gasteiger partial charge is 2.00 e. The summed E-state index contributed by atoms with van der Waals surface area (Å²) >= 11 is 0. The van der Waals surface area contributed by atoms with Crippen molar-refractivity contribution in [3.8, 4) is 5.75 Å². The van der Waals surface area contributed by atoms with E-state index < -0.39 is 0 Å². The quantitative estimate of drug-likeness (QED) is 0.0925. The van der Waals surface area contributed by atoms with Gasteiger partial charge in [0.25, 0.3) is 0 Å². The number of benzene rings is 4. The van der Waals surface area contributed by atoms with Crippen LogP contribution in [-0.4, -0.2) is 27.2 Å². The Morgan fingerprint density at radius 3 is 1.80 bits per heavy atom. The second kappa shape index (κ2) is 16.2. The Morgan fingerprint density at radius 2 is 1.34 bits per heavy atom. The summed E-state index contributed by atoms with van der Waals surface area (Å²) in [6.45, 7) is 5.09. The van der Waals surface area contributed by atoms with Crippen molar-refractivity contribution in [1.29, 1.82) is 0 Å². The van der Waals surface area contributed by atoms with Gasteiger partial charge in [0.1, 0.15) is 11.4 Å². The minimum Gasteiger partial charge on any atom is -0.729 e. The molecule has 14 heteroatoms. The van der Waals surface area contributed by atoms with Crippen LogP contribution in [0.2, 0.25) is 0 Å². The number of aryl methyl sites for hydroxylation is 2. The summed E-state index contributed by atoms with van der Waals surface area (Å²) in [5.41, 5.74) is 29.0. The molecule has 0 amide bonds. The van der Waals surface area contributed by atoms with Gasteiger partial charge in [-0.1, -0.05) is 24.3 Å². The van der Waals surface area contributed by atoms with Gasteiger partial charge in [-0.05, 0) is 77.9 Å². The minimum absolute atomic E-state index is 0. The molecule has 0 saturated carbocycles. The first-order chi connectivity index (χ1) is 19.3. The zero-order chi connectivity index (χ0) is 29.1. The number of hydrogen-bond acceptors (Lipinski definition) is 9. The Balaban J connectivity index is 0.00000110. The number of nitrogens with two attached hydrogens (primary N) is 1. The Labute approximate surface area is 255 Å². The molecule has 0 fully saturated rings. The summed E-state index contributed by atoms with van der Waals surface area (Å²) < 4.78 is 0. The Hall–Kier alpha value is -4.08. The van der Waals surface area contributed by atoms with Gasteiger partial charge in [0.2, 0.25) is 0 Å². The van der Waals surface area contributed by atoms with Crippen LogP contribution in [0, 0.1) is 13.8 Å². The summed E-state index contributed by atoms with van der Waals surface area (Å²) in [5, 5.41) is 37.2. The zero-order valence-electron chi connectivity index (χ0n) is 22.9. The van der Waals surface area contributed by atoms with Crippen LogP contribution in [-0.2, 0) is 34.2 Å². The van der Waals surface area contributed by atoms with Crippen LogP contribution in [0.5, 0.6) is 5.75 Å². The molecule has 0 aromatic heterocycles. The van der Waals surface area contributed by atoms with Crippen molar-refractivity contribution in [1.82, 2.24) is 5.32 Å². The molecule has 203 valence electrons. The molecule has 0 aliphatic heterocycles. The molecule has 0 atom stereocenters. The first kappa shape index (κ1) is 33.1. The standard InChI is InChI=1S/C27H27N8O.B2N2.W/c1-16-12-20-13-17(2)26(32-29)27(36)23(20)24(28)25(16)35-34-22-10-6-19(7-11-22)15-31-14-18-4-8-21(9-5-18)33-30-3;1-2-4-3;/h4-13,31,36H,14-15,28H2,1-3H3;;/q2*-1;+2. The van der Waals surface area contributed by atoms with Crippen LogP contribution in [0.3, 0.4) is 0 Å². The Kier molecular flexibility index (Phi) is 13.1. The van der Waals surface area contributed by atoms with Crippen molar-refractivity contribution < 1.29 is 26.2 Å². The number of rotatable bonds is 9. The first-order valence-corrected chi connectivity index (χ1v) is 12.2. The van der Waals surface area contributed by atoms with Gasteiger partial charge >= 0.3 is 21.1 Å². The van der Waals surface area contributed by atoms with E-state index in [4.69, 9.17) is 11.3 Å². The molecule has 0 heterocycles. The predicted molar refractivity (Wildman–Crippen MR) is 160 cm³/mol. The van der Waals surface area contributed by atoms with Crippen LogP contribution in [0.15, 0.2) is 91.3 Å². The van der Waals surface area contributed by atoms with Crippen LogP contribution in [0.1, 0.15) is 22.3 Å². The van der Waals surface area contributed by atoms with E-state index in [2.05, 4.69) is 43.7 Å². The van der Waals surface area contributed by atoms with Gasteiger partial charge in [0, 0.05) is 27.9 Å². The van der Waals surface area contributed by atoms with E-state index in [0.29, 0.717) is 28.9 Å². The molecule has 4 aromatic rings. The predicted octanol–water partition coefficient (Wildman–Crippen LogP) is 7.52. The molecular formula is C27H27B2N10OW. The number of hydrogen-bond donors (Lipinski definition) is 3. The summed E-state index contributed by atoms with van der Waals surface area (Å²) in [7, 11) is 6.94. The van der Waals surface area contributed by atoms with Crippen molar-refractivity contribution in [2.75, 3.05) is 12.8 Å². The normalized spacial score (nSPS) is 10.7. The molecular weight excluding hydrogens is 686 g/mol. The molecule has 0 aliphatic rings. The summed E-state index contributed by atoms with van der Waals surface area (Å²) in [5.74, 6) is -0.180. The molecule has 0 saturated heterocycles. The van der Waals surface area contributed by atoms with Crippen LogP contribution >= 0.6 is 0 Å². The average molecular weight is 713 g/mol. The number of fused-ring (bicyclic) bond motifs is 1. The van der Waals surface area contributed by atoms with Gasteiger partial charge in [-0.15, -0.1) is 5.11 Å². The molecule has 0 bridgehead atoms. The van der Waals surface area contributed by atoms with Gasteiger partial charge in [-0.3, -0.25) is 0 Å². The van der Waals surface area contributed by atoms with Gasteiger partial charge in [0.15, 0.2) is 7.31 Å². The number of nitrogens with one attached hydrogen (secondary N) is 1. The third-order valence-corrected chi connectivity index (χ3v) is 5.94. The average Bonchev–Trinajstić information content (AvgIpc) is 2.95. The maximum Gasteiger partial charge on any atom is 2.00 e. The Bertz CT molecular complexity index is 1550. The van der Waals surface area contributed by atoms with Crippen LogP contribution in [0.25, 0.3) is 21.8 Å². The molecule has 0 unspecified atom stereocenters. The smallest absolute Gasteiger partial charge is 0.729 e. The number of aromatic hydroxyl groups is 1. The number of phenols is 1. The van der Waals surface area contributed by atoms with Gasteiger partial charge < -0.3 is 37.4 Å². The first-order valence-electron chi connectivity index (χ1n) is 12.2. The maximum atomic E-state index is 10.6. The minimum atomic E-state index is -0.180. The topological polar surface area (TPSA) is 177 Å². The van der Waals surface area contributed by atoms with Crippen molar-refractivity contribution >= 4 is 54.3 Å². The molecule has 0 aliphatic carbocycles. The molecule has 0 spiro atoms. The van der Waals surface area contributed by atoms with Crippen molar-refractivity contribution in [2.24, 2.45) is 30.6 Å². The molecule has 4 rings (SSSR count). The van der Waals surface area contributed by atoms with E-state index in [1.54, 1.807) is 14.0 Å². The fraction of sp³-hybridized carbons (Fsp3) is 0.185. The molecule has 3 radical (unpaired) electrons. The van der Waals surface area contributed by atoms with Crippen molar-refractivity contribution in [2.45, 2.75) is 26.9 Å². The fourth-order valence-electron chi connectivity index (χ4n) is 4.04. The molecule has 11 nitrogen and oxygen atoms in total. The fourth-order valence-corrected chi connectivity index (χ4v) is 4.04. The number of anilines is 1. The zero-order valence-corrected chi connectivity index (χ0v) is 25.8. The molecule has 4 N–H and O–H groups in total. The SMILES string of the molecule is CN=Nc1ccc(CNCc2ccc(N=Nc3c(C)cc4cc(C)c(N=[N-])c(O)c4c3N)cc2)cc1.[B][B]N=[N-].[W+2]. The van der Waals surface area contributed by atoms with E-state index in [1.165, 1.54) is 5.56 Å². The molecule has 4 aromatic carbocycles. The number of nitrogen functional groups attached to an aromatic ring is 1. The van der Waals surface area contributed by atoms with Gasteiger partial charge in [0.05, 0.1) is 28.1 Å². The van der Waals surface area contributed by atoms with Crippen molar-refractivity contribution in [3.63, 3.8) is 0 Å². The summed E-state index contributed by atoms with van der Waals surface area (Å²) in [6, 6.07) is 19.4. The van der Waals surface area contributed by atoms with Gasteiger partial charge in [-0.2, -0.15) is 15.3 Å². The van der Waals surface area contributed by atoms with E-state index in [1.807, 2.05) is 67.6 Å². The van der Waals surface area contributed by atoms with Gasteiger partial charge in [-0.25, -0.2) is 0 Å². The third kappa shape index (κ3) is 8.70. The van der Waals surface area contributed by atoms with Crippen LogP contribution < -0.4 is 11.1 Å². The van der Waals surface area contributed by atoms with Crippen molar-refractivity contribution in [3.05, 3.63) is 94.0 Å². The van der Waals surface area contributed by atoms with Crippen LogP contribution in [0.4, 0.5) is 28.4 Å². The number of nitrogens with zero attached hydrogens (tertiary/aromatic N) is 8. The second-order valence-electron chi connectivity index (χ2n) is 8.75. The van der Waals surface area contributed by atoms with E-state index in [9.17, 15) is 10.6 Å². The third-order valence-electron chi connectivity index (χ3n) is 5.94. The van der Waals surface area contributed by atoms with E-state index in [0.717, 1.165) is 36.1 Å². The van der Waals surface area contributed by atoms with E-state index in [-0.39, 0.29) is 38.2 Å². The second-order valence-corrected chi connectivity index (χ2v) is 8.75. The molecule has 41 heavy (non-hydrogen) atoms. The van der Waals surface area contributed by atoms with E-state index >= 15 is 0 Å². The number of phenolic OH excluding ortho intramolecular Hbond substituents is 1. The Morgan fingerprint density at radius 1 is 0.854 bits per heavy atom. The monoisotopic (exact) mass is 713 g/mol. The summed E-state index contributed by atoms with van der Waals surface area (Å²) in [4.78, 5) is 0. The number of azo groups is 2. The maximum absolute atomic E-state index is 10.6. The summed E-state index contributed by atoms with van der Waals surface area (Å²) in [6.07, 6.45) is 0.